The lowest BCUT2D eigenvalue weighted by atomic mass is 10.3. The zero-order valence-corrected chi connectivity index (χ0v) is 17.6. The SMILES string of the molecule is CCOC(=O)c1cc(C(=O)N2CCN(S(=O)(=O)c3cnn(C)c3C)CC2)nn1C. The number of aromatic nitrogens is 4. The number of ether oxygens (including phenoxy) is 1. The van der Waals surface area contributed by atoms with Crippen molar-refractivity contribution in [1.29, 1.82) is 0 Å². The van der Waals surface area contributed by atoms with E-state index in [2.05, 4.69) is 10.2 Å². The quantitative estimate of drug-likeness (QED) is 0.609. The van der Waals surface area contributed by atoms with Crippen molar-refractivity contribution in [3.8, 4) is 0 Å². The van der Waals surface area contributed by atoms with Crippen LogP contribution in [0.4, 0.5) is 0 Å². The standard InChI is InChI=1S/C17H24N6O5S/c1-5-28-17(25)14-10-13(19-21(14)4)16(24)22-6-8-23(9-7-22)29(26,27)15-11-18-20(3)12(15)2/h10-11H,5-9H2,1-4H3. The molecule has 29 heavy (non-hydrogen) atoms. The molecule has 0 aromatic carbocycles. The first-order valence-corrected chi connectivity index (χ1v) is 10.6. The van der Waals surface area contributed by atoms with Crippen molar-refractivity contribution in [3.63, 3.8) is 0 Å². The van der Waals surface area contributed by atoms with E-state index >= 15 is 0 Å². The number of carbonyl (C=O) groups excluding carboxylic acids is 2. The van der Waals surface area contributed by atoms with Crippen molar-refractivity contribution in [2.24, 2.45) is 14.1 Å². The molecule has 0 radical (unpaired) electrons. The molecule has 0 bridgehead atoms. The fourth-order valence-corrected chi connectivity index (χ4v) is 4.74. The molecule has 12 heteroatoms. The molecule has 158 valence electrons. The molecule has 1 fully saturated rings. The van der Waals surface area contributed by atoms with Gasteiger partial charge in [0.15, 0.2) is 5.69 Å². The number of hydrogen-bond donors (Lipinski definition) is 0. The summed E-state index contributed by atoms with van der Waals surface area (Å²) in [6.07, 6.45) is 1.34. The van der Waals surface area contributed by atoms with Crippen LogP contribution in [0.25, 0.3) is 0 Å². The molecule has 1 amide bonds. The highest BCUT2D eigenvalue weighted by Crippen LogP contribution is 2.21. The Hall–Kier alpha value is -2.73. The van der Waals surface area contributed by atoms with Crippen molar-refractivity contribution in [1.82, 2.24) is 28.8 Å². The Morgan fingerprint density at radius 1 is 1.14 bits per heavy atom. The Bertz CT molecular complexity index is 1030. The molecule has 0 atom stereocenters. The minimum absolute atomic E-state index is 0.120. The number of sulfonamides is 1. The van der Waals surface area contributed by atoms with E-state index in [0.717, 1.165) is 0 Å². The van der Waals surface area contributed by atoms with E-state index in [1.807, 2.05) is 0 Å². The fraction of sp³-hybridized carbons (Fsp3) is 0.529. The van der Waals surface area contributed by atoms with Gasteiger partial charge in [-0.05, 0) is 13.8 Å². The summed E-state index contributed by atoms with van der Waals surface area (Å²) in [6, 6.07) is 1.39. The average molecular weight is 424 g/mol. The van der Waals surface area contributed by atoms with Crippen LogP contribution in [0.2, 0.25) is 0 Å². The van der Waals surface area contributed by atoms with E-state index in [1.54, 1.807) is 27.9 Å². The molecule has 1 aliphatic rings. The van der Waals surface area contributed by atoms with Crippen LogP contribution in [0.3, 0.4) is 0 Å². The van der Waals surface area contributed by atoms with Crippen molar-refractivity contribution in [2.75, 3.05) is 32.8 Å². The first-order chi connectivity index (χ1) is 13.7. The molecular formula is C17H24N6O5S. The van der Waals surface area contributed by atoms with Gasteiger partial charge in [0.25, 0.3) is 5.91 Å². The Kier molecular flexibility index (Phi) is 5.75. The summed E-state index contributed by atoms with van der Waals surface area (Å²) in [6.45, 7) is 4.40. The predicted octanol–water partition coefficient (Wildman–Crippen LogP) is -0.215. The van der Waals surface area contributed by atoms with Gasteiger partial charge in [0.2, 0.25) is 10.0 Å². The normalized spacial score (nSPS) is 15.5. The Labute approximate surface area is 168 Å². The lowest BCUT2D eigenvalue weighted by Crippen LogP contribution is -2.50. The highest BCUT2D eigenvalue weighted by molar-refractivity contribution is 7.89. The van der Waals surface area contributed by atoms with Gasteiger partial charge >= 0.3 is 5.97 Å². The molecule has 11 nitrogen and oxygen atoms in total. The van der Waals surface area contributed by atoms with Gasteiger partial charge in [0.05, 0.1) is 18.5 Å². The zero-order valence-electron chi connectivity index (χ0n) is 16.8. The first-order valence-electron chi connectivity index (χ1n) is 9.16. The summed E-state index contributed by atoms with van der Waals surface area (Å²) in [5.41, 5.74) is 0.863. The monoisotopic (exact) mass is 424 g/mol. The second-order valence-electron chi connectivity index (χ2n) is 6.67. The number of hydrogen-bond acceptors (Lipinski definition) is 7. The zero-order chi connectivity index (χ0) is 21.3. The molecule has 1 aliphatic heterocycles. The van der Waals surface area contributed by atoms with Crippen LogP contribution in [-0.4, -0.2) is 81.8 Å². The number of piperazine rings is 1. The lowest BCUT2D eigenvalue weighted by molar-refractivity contribution is 0.0513. The van der Waals surface area contributed by atoms with Gasteiger partial charge in [-0.2, -0.15) is 14.5 Å². The van der Waals surface area contributed by atoms with Gasteiger partial charge < -0.3 is 9.64 Å². The third kappa shape index (κ3) is 3.90. The largest absolute Gasteiger partial charge is 0.461 e. The molecule has 0 unspecified atom stereocenters. The summed E-state index contributed by atoms with van der Waals surface area (Å²) in [5.74, 6) is -0.907. The Morgan fingerprint density at radius 3 is 2.34 bits per heavy atom. The lowest BCUT2D eigenvalue weighted by Gasteiger charge is -2.33. The second kappa shape index (κ2) is 7.95. The summed E-state index contributed by atoms with van der Waals surface area (Å²) >= 11 is 0. The van der Waals surface area contributed by atoms with Crippen LogP contribution in [-0.2, 0) is 28.9 Å². The molecule has 2 aromatic heterocycles. The molecule has 1 saturated heterocycles. The summed E-state index contributed by atoms with van der Waals surface area (Å²) in [7, 11) is -0.432. The van der Waals surface area contributed by atoms with Crippen molar-refractivity contribution >= 4 is 21.9 Å². The first kappa shape index (κ1) is 21.0. The van der Waals surface area contributed by atoms with Crippen molar-refractivity contribution in [2.45, 2.75) is 18.7 Å². The highest BCUT2D eigenvalue weighted by atomic mass is 32.2. The topological polar surface area (TPSA) is 120 Å². The Balaban J connectivity index is 1.69. The third-order valence-electron chi connectivity index (χ3n) is 4.92. The maximum Gasteiger partial charge on any atom is 0.356 e. The number of aryl methyl sites for hydroxylation is 2. The molecule has 3 heterocycles. The minimum atomic E-state index is -3.67. The van der Waals surface area contributed by atoms with Gasteiger partial charge in [-0.15, -0.1) is 0 Å². The van der Waals surface area contributed by atoms with Gasteiger partial charge in [-0.1, -0.05) is 0 Å². The maximum absolute atomic E-state index is 12.9. The Morgan fingerprint density at radius 2 is 1.79 bits per heavy atom. The van der Waals surface area contributed by atoms with Gasteiger partial charge in [0.1, 0.15) is 10.6 Å². The summed E-state index contributed by atoms with van der Waals surface area (Å²) in [4.78, 5) is 26.4. The molecule has 3 rings (SSSR count). The van der Waals surface area contributed by atoms with Gasteiger partial charge in [-0.3, -0.25) is 14.2 Å². The summed E-state index contributed by atoms with van der Waals surface area (Å²) < 4.78 is 34.8. The predicted molar refractivity (Wildman–Crippen MR) is 102 cm³/mol. The van der Waals surface area contributed by atoms with E-state index in [-0.39, 0.29) is 55.0 Å². The van der Waals surface area contributed by atoms with E-state index in [9.17, 15) is 18.0 Å². The van der Waals surface area contributed by atoms with Crippen LogP contribution in [0.15, 0.2) is 17.2 Å². The van der Waals surface area contributed by atoms with Crippen molar-refractivity contribution < 1.29 is 22.7 Å². The third-order valence-corrected chi connectivity index (χ3v) is 6.92. The molecule has 0 N–H and O–H groups in total. The number of rotatable bonds is 5. The van der Waals surface area contributed by atoms with Crippen LogP contribution in [0.1, 0.15) is 33.6 Å². The number of amides is 1. The van der Waals surface area contributed by atoms with Crippen LogP contribution in [0.5, 0.6) is 0 Å². The van der Waals surface area contributed by atoms with Gasteiger partial charge in [0, 0.05) is 46.3 Å². The molecule has 0 saturated carbocycles. The smallest absolute Gasteiger partial charge is 0.356 e. The fourth-order valence-electron chi connectivity index (χ4n) is 3.13. The second-order valence-corrected chi connectivity index (χ2v) is 8.58. The highest BCUT2D eigenvalue weighted by Gasteiger charge is 2.33. The maximum atomic E-state index is 12.9. The van der Waals surface area contributed by atoms with E-state index in [0.29, 0.717) is 5.69 Å². The van der Waals surface area contributed by atoms with Gasteiger partial charge in [-0.25, -0.2) is 13.2 Å². The van der Waals surface area contributed by atoms with E-state index in [4.69, 9.17) is 4.74 Å². The van der Waals surface area contributed by atoms with E-state index in [1.165, 1.54) is 30.8 Å². The molecule has 0 spiro atoms. The molecule has 2 aromatic rings. The number of carbonyl (C=O) groups is 2. The summed E-state index contributed by atoms with van der Waals surface area (Å²) in [5, 5.41) is 8.10. The number of esters is 1. The van der Waals surface area contributed by atoms with Crippen LogP contribution >= 0.6 is 0 Å². The molecule has 0 aliphatic carbocycles. The number of nitrogens with zero attached hydrogens (tertiary/aromatic N) is 6. The van der Waals surface area contributed by atoms with Crippen molar-refractivity contribution in [3.05, 3.63) is 29.3 Å². The van der Waals surface area contributed by atoms with Crippen LogP contribution in [0, 0.1) is 6.92 Å². The molecular weight excluding hydrogens is 400 g/mol. The van der Waals surface area contributed by atoms with Crippen LogP contribution < -0.4 is 0 Å². The average Bonchev–Trinajstić information content (AvgIpc) is 3.24. The van der Waals surface area contributed by atoms with E-state index < -0.39 is 16.0 Å². The minimum Gasteiger partial charge on any atom is -0.461 e.